The number of benzene rings is 2. The molecule has 1 aromatic heterocycles. The third-order valence-corrected chi connectivity index (χ3v) is 4.36. The Morgan fingerprint density at radius 1 is 1.10 bits per heavy atom. The van der Waals surface area contributed by atoms with Gasteiger partial charge in [-0.3, -0.25) is 9.13 Å². The van der Waals surface area contributed by atoms with E-state index in [-0.39, 0.29) is 5.69 Å². The lowest BCUT2D eigenvalue weighted by Crippen LogP contribution is -2.21. The van der Waals surface area contributed by atoms with Crippen LogP contribution in [0, 0.1) is 0 Å². The SMILES string of the molecule is CSc1ccc(Cl)cc1-n1c(=O)n(C)c2ccccc21. The molecule has 0 N–H and O–H groups in total. The summed E-state index contributed by atoms with van der Waals surface area (Å²) in [5.74, 6) is 0. The van der Waals surface area contributed by atoms with Crippen molar-refractivity contribution in [2.24, 2.45) is 7.05 Å². The molecule has 0 aliphatic rings. The zero-order valence-corrected chi connectivity index (χ0v) is 12.7. The quantitative estimate of drug-likeness (QED) is 0.675. The molecule has 0 radical (unpaired) electrons. The summed E-state index contributed by atoms with van der Waals surface area (Å²) in [6, 6.07) is 13.4. The first kappa shape index (κ1) is 13.3. The van der Waals surface area contributed by atoms with E-state index in [9.17, 15) is 4.79 Å². The van der Waals surface area contributed by atoms with E-state index in [1.165, 1.54) is 0 Å². The molecule has 1 heterocycles. The molecule has 0 atom stereocenters. The van der Waals surface area contributed by atoms with Gasteiger partial charge in [0.1, 0.15) is 0 Å². The van der Waals surface area contributed by atoms with Crippen LogP contribution in [0.25, 0.3) is 16.7 Å². The number of thioether (sulfide) groups is 1. The van der Waals surface area contributed by atoms with Gasteiger partial charge in [-0.1, -0.05) is 23.7 Å². The van der Waals surface area contributed by atoms with Crippen molar-refractivity contribution in [2.75, 3.05) is 6.26 Å². The second kappa shape index (κ2) is 5.04. The molecule has 3 aromatic rings. The van der Waals surface area contributed by atoms with Crippen LogP contribution < -0.4 is 5.69 Å². The van der Waals surface area contributed by atoms with Crippen molar-refractivity contribution in [3.63, 3.8) is 0 Å². The summed E-state index contributed by atoms with van der Waals surface area (Å²) in [6.07, 6.45) is 1.99. The largest absolute Gasteiger partial charge is 0.333 e. The van der Waals surface area contributed by atoms with Gasteiger partial charge in [-0.15, -0.1) is 11.8 Å². The molecule has 0 fully saturated rings. The Balaban J connectivity index is 2.44. The Morgan fingerprint density at radius 3 is 2.50 bits per heavy atom. The van der Waals surface area contributed by atoms with Gasteiger partial charge < -0.3 is 0 Å². The van der Waals surface area contributed by atoms with Crippen molar-refractivity contribution in [2.45, 2.75) is 4.90 Å². The van der Waals surface area contributed by atoms with Crippen LogP contribution in [0.15, 0.2) is 52.2 Å². The van der Waals surface area contributed by atoms with Crippen LogP contribution in [0.3, 0.4) is 0 Å². The molecule has 3 nitrogen and oxygen atoms in total. The van der Waals surface area contributed by atoms with Gasteiger partial charge in [0, 0.05) is 17.0 Å². The number of hydrogen-bond donors (Lipinski definition) is 0. The molecule has 3 rings (SSSR count). The summed E-state index contributed by atoms with van der Waals surface area (Å²) >= 11 is 7.70. The number of aromatic nitrogens is 2. The molecular weight excluding hydrogens is 292 g/mol. The topological polar surface area (TPSA) is 26.9 Å². The highest BCUT2D eigenvalue weighted by molar-refractivity contribution is 7.98. The van der Waals surface area contributed by atoms with Crippen LogP contribution in [0.1, 0.15) is 0 Å². The van der Waals surface area contributed by atoms with E-state index in [4.69, 9.17) is 11.6 Å². The molecule has 0 amide bonds. The average molecular weight is 305 g/mol. The Morgan fingerprint density at radius 2 is 1.80 bits per heavy atom. The Bertz CT molecular complexity index is 851. The van der Waals surface area contributed by atoms with Crippen molar-refractivity contribution >= 4 is 34.4 Å². The molecule has 0 aliphatic heterocycles. The van der Waals surface area contributed by atoms with Crippen LogP contribution >= 0.6 is 23.4 Å². The van der Waals surface area contributed by atoms with Crippen molar-refractivity contribution in [1.82, 2.24) is 9.13 Å². The second-order valence-corrected chi connectivity index (χ2v) is 5.77. The monoisotopic (exact) mass is 304 g/mol. The van der Waals surface area contributed by atoms with Gasteiger partial charge in [-0.25, -0.2) is 4.79 Å². The number of para-hydroxylation sites is 2. The normalized spacial score (nSPS) is 11.2. The van der Waals surface area contributed by atoms with E-state index in [2.05, 4.69) is 0 Å². The van der Waals surface area contributed by atoms with Gasteiger partial charge in [-0.2, -0.15) is 0 Å². The maximum atomic E-state index is 12.5. The third-order valence-electron chi connectivity index (χ3n) is 3.34. The lowest BCUT2D eigenvalue weighted by molar-refractivity contribution is 0.840. The summed E-state index contributed by atoms with van der Waals surface area (Å²) in [5.41, 5.74) is 2.55. The van der Waals surface area contributed by atoms with Crippen LogP contribution in [-0.2, 0) is 7.05 Å². The summed E-state index contributed by atoms with van der Waals surface area (Å²) < 4.78 is 3.37. The Hall–Kier alpha value is -1.65. The first-order valence-electron chi connectivity index (χ1n) is 6.14. The smallest absolute Gasteiger partial charge is 0.295 e. The van der Waals surface area contributed by atoms with Gasteiger partial charge in [-0.05, 0) is 36.6 Å². The van der Waals surface area contributed by atoms with Gasteiger partial charge in [0.15, 0.2) is 0 Å². The van der Waals surface area contributed by atoms with E-state index in [1.807, 2.05) is 48.7 Å². The summed E-state index contributed by atoms with van der Waals surface area (Å²) in [7, 11) is 1.78. The minimum Gasteiger partial charge on any atom is -0.295 e. The predicted molar refractivity (Wildman–Crippen MR) is 85.3 cm³/mol. The standard InChI is InChI=1S/C15H13ClN2OS/c1-17-11-5-3-4-6-12(11)18(15(17)19)13-9-10(16)7-8-14(13)20-2/h3-9H,1-2H3. The highest BCUT2D eigenvalue weighted by Crippen LogP contribution is 2.28. The number of nitrogens with zero attached hydrogens (tertiary/aromatic N) is 2. The lowest BCUT2D eigenvalue weighted by atomic mass is 10.3. The average Bonchev–Trinajstić information content (AvgIpc) is 2.71. The summed E-state index contributed by atoms with van der Waals surface area (Å²) in [6.45, 7) is 0. The first-order valence-corrected chi connectivity index (χ1v) is 7.74. The lowest BCUT2D eigenvalue weighted by Gasteiger charge is -2.09. The van der Waals surface area contributed by atoms with Crippen LogP contribution in [-0.4, -0.2) is 15.4 Å². The van der Waals surface area contributed by atoms with Crippen molar-refractivity contribution in [3.05, 3.63) is 58.0 Å². The van der Waals surface area contributed by atoms with Crippen molar-refractivity contribution in [1.29, 1.82) is 0 Å². The van der Waals surface area contributed by atoms with Gasteiger partial charge >= 0.3 is 5.69 Å². The van der Waals surface area contributed by atoms with Crippen molar-refractivity contribution in [3.8, 4) is 5.69 Å². The van der Waals surface area contributed by atoms with Crippen LogP contribution in [0.4, 0.5) is 0 Å². The maximum Gasteiger partial charge on any atom is 0.333 e. The number of hydrogen-bond acceptors (Lipinski definition) is 2. The van der Waals surface area contributed by atoms with Crippen LogP contribution in [0.2, 0.25) is 5.02 Å². The maximum absolute atomic E-state index is 12.5. The number of fused-ring (bicyclic) bond motifs is 1. The summed E-state index contributed by atoms with van der Waals surface area (Å²) in [5, 5.41) is 0.623. The van der Waals surface area contributed by atoms with Crippen LogP contribution in [0.5, 0.6) is 0 Å². The molecule has 0 aliphatic carbocycles. The van der Waals surface area contributed by atoms with E-state index in [0.29, 0.717) is 5.02 Å². The highest BCUT2D eigenvalue weighted by Gasteiger charge is 2.14. The molecule has 0 unspecified atom stereocenters. The van der Waals surface area contributed by atoms with Crippen molar-refractivity contribution < 1.29 is 0 Å². The van der Waals surface area contributed by atoms with Gasteiger partial charge in [0.25, 0.3) is 0 Å². The third kappa shape index (κ3) is 1.96. The fourth-order valence-corrected chi connectivity index (χ4v) is 3.09. The minimum atomic E-state index is -0.0660. The Labute approximate surface area is 125 Å². The van der Waals surface area contributed by atoms with E-state index >= 15 is 0 Å². The van der Waals surface area contributed by atoms with Gasteiger partial charge in [0.2, 0.25) is 0 Å². The zero-order valence-electron chi connectivity index (χ0n) is 11.1. The molecule has 102 valence electrons. The molecule has 0 saturated heterocycles. The number of halogens is 1. The zero-order chi connectivity index (χ0) is 14.3. The van der Waals surface area contributed by atoms with E-state index in [1.54, 1.807) is 27.9 Å². The predicted octanol–water partition coefficient (Wildman–Crippen LogP) is 3.70. The number of aryl methyl sites for hydroxylation is 1. The summed E-state index contributed by atoms with van der Waals surface area (Å²) in [4.78, 5) is 13.6. The fourth-order valence-electron chi connectivity index (χ4n) is 2.36. The number of rotatable bonds is 2. The molecule has 20 heavy (non-hydrogen) atoms. The molecule has 0 spiro atoms. The minimum absolute atomic E-state index is 0.0660. The Kier molecular flexibility index (Phi) is 3.36. The highest BCUT2D eigenvalue weighted by atomic mass is 35.5. The van der Waals surface area contributed by atoms with E-state index in [0.717, 1.165) is 21.6 Å². The van der Waals surface area contributed by atoms with Gasteiger partial charge in [0.05, 0.1) is 16.7 Å². The molecule has 0 bridgehead atoms. The molecule has 5 heteroatoms. The fraction of sp³-hybridized carbons (Fsp3) is 0.133. The molecule has 0 saturated carbocycles. The molecule has 2 aromatic carbocycles. The number of imidazole rings is 1. The van der Waals surface area contributed by atoms with E-state index < -0.39 is 0 Å². The molecular formula is C15H13ClN2OS. The second-order valence-electron chi connectivity index (χ2n) is 4.48. The first-order chi connectivity index (χ1) is 9.63.